The molecule has 2 heterocycles. The quantitative estimate of drug-likeness (QED) is 0.500. The van der Waals surface area contributed by atoms with E-state index in [1.807, 2.05) is 41.3 Å². The van der Waals surface area contributed by atoms with E-state index in [4.69, 9.17) is 14.9 Å². The monoisotopic (exact) mass is 479 g/mol. The van der Waals surface area contributed by atoms with E-state index in [2.05, 4.69) is 35.7 Å². The van der Waals surface area contributed by atoms with Crippen LogP contribution in [0.25, 0.3) is 10.9 Å². The van der Waals surface area contributed by atoms with Gasteiger partial charge in [0.2, 0.25) is 0 Å². The van der Waals surface area contributed by atoms with Gasteiger partial charge in [-0.3, -0.25) is 4.79 Å². The van der Waals surface area contributed by atoms with Gasteiger partial charge in [-0.05, 0) is 56.9 Å². The minimum Gasteiger partial charge on any atom is -0.497 e. The minimum absolute atomic E-state index is 0.0638. The highest BCUT2D eigenvalue weighted by atomic mass is 16.5. The van der Waals surface area contributed by atoms with Gasteiger partial charge in [-0.25, -0.2) is 9.59 Å². The number of anilines is 1. The van der Waals surface area contributed by atoms with E-state index in [1.54, 1.807) is 7.11 Å². The minimum atomic E-state index is -1.26. The van der Waals surface area contributed by atoms with Crippen molar-refractivity contribution in [3.8, 4) is 5.75 Å². The van der Waals surface area contributed by atoms with Crippen LogP contribution in [0.1, 0.15) is 22.5 Å². The Balaban J connectivity index is 0.000000371. The number of fused-ring (bicyclic) bond motifs is 4. The highest BCUT2D eigenvalue weighted by molar-refractivity contribution is 6.09. The molecule has 2 N–H and O–H groups in total. The first-order chi connectivity index (χ1) is 16.7. The molecule has 1 aliphatic heterocycles. The number of hydrogen-bond acceptors (Lipinski definition) is 5. The number of hydrogen-bond donors (Lipinski definition) is 2. The molecular weight excluding hydrogens is 450 g/mol. The number of para-hydroxylation sites is 1. The molecule has 3 aromatic rings. The molecule has 0 aliphatic carbocycles. The summed E-state index contributed by atoms with van der Waals surface area (Å²) in [5.41, 5.74) is 3.94. The lowest BCUT2D eigenvalue weighted by atomic mass is 10.1. The molecule has 0 saturated heterocycles. The fourth-order valence-electron chi connectivity index (χ4n) is 3.94. The second kappa shape index (κ2) is 11.3. The highest BCUT2D eigenvalue weighted by Gasteiger charge is 2.28. The molecule has 1 aromatic heterocycles. The maximum atomic E-state index is 13.5. The number of rotatable bonds is 7. The molecule has 184 valence electrons. The van der Waals surface area contributed by atoms with Crippen molar-refractivity contribution in [2.45, 2.75) is 13.0 Å². The summed E-state index contributed by atoms with van der Waals surface area (Å²) in [6, 6.07) is 16.2. The fourth-order valence-corrected chi connectivity index (χ4v) is 3.94. The first-order valence-corrected chi connectivity index (χ1v) is 11.1. The molecule has 0 unspecified atom stereocenters. The van der Waals surface area contributed by atoms with Gasteiger partial charge in [0.15, 0.2) is 0 Å². The molecule has 0 atom stereocenters. The molecule has 9 nitrogen and oxygen atoms in total. The highest BCUT2D eigenvalue weighted by Crippen LogP contribution is 2.32. The number of carboxylic acid groups (broad SMARTS) is 2. The van der Waals surface area contributed by atoms with Crippen molar-refractivity contribution in [2.24, 2.45) is 0 Å². The van der Waals surface area contributed by atoms with E-state index >= 15 is 0 Å². The molecule has 4 rings (SSSR count). The van der Waals surface area contributed by atoms with Gasteiger partial charge in [-0.15, -0.1) is 0 Å². The van der Waals surface area contributed by atoms with Crippen molar-refractivity contribution < 1.29 is 29.3 Å². The Morgan fingerprint density at radius 3 is 2.37 bits per heavy atom. The molecular formula is C26H29N3O6. The third-order valence-corrected chi connectivity index (χ3v) is 5.54. The Morgan fingerprint density at radius 1 is 1.06 bits per heavy atom. The Bertz CT molecular complexity index is 1250. The van der Waals surface area contributed by atoms with Gasteiger partial charge >= 0.3 is 11.9 Å². The van der Waals surface area contributed by atoms with E-state index < -0.39 is 11.9 Å². The number of aliphatic carboxylic acids is 2. The summed E-state index contributed by atoms with van der Waals surface area (Å²) in [7, 11) is 5.79. The van der Waals surface area contributed by atoms with Gasteiger partial charge in [0.25, 0.3) is 5.91 Å². The van der Waals surface area contributed by atoms with Crippen LogP contribution in [0.2, 0.25) is 0 Å². The second-order valence-electron chi connectivity index (χ2n) is 8.29. The van der Waals surface area contributed by atoms with E-state index in [0.717, 1.165) is 46.6 Å². The predicted octanol–water partition coefficient (Wildman–Crippen LogP) is 3.32. The molecule has 2 aromatic carbocycles. The van der Waals surface area contributed by atoms with Crippen LogP contribution in [0, 0.1) is 0 Å². The lowest BCUT2D eigenvalue weighted by molar-refractivity contribution is -0.134. The molecule has 9 heteroatoms. The van der Waals surface area contributed by atoms with Crippen LogP contribution in [-0.4, -0.2) is 71.8 Å². The summed E-state index contributed by atoms with van der Waals surface area (Å²) >= 11 is 0. The summed E-state index contributed by atoms with van der Waals surface area (Å²) in [5.74, 6) is -1.65. The zero-order chi connectivity index (χ0) is 25.5. The number of carboxylic acids is 2. The Morgan fingerprint density at radius 2 is 1.74 bits per heavy atom. The molecule has 0 radical (unpaired) electrons. The summed E-state index contributed by atoms with van der Waals surface area (Å²) in [5, 5.41) is 16.7. The SMILES string of the molecule is COc1ccc2cc3n(c2c1)Cc1ccccc1N(CCCN(C)C)C3=O.O=C(O)/C=C/C(=O)O. The van der Waals surface area contributed by atoms with Crippen molar-refractivity contribution in [1.29, 1.82) is 0 Å². The Hall–Kier alpha value is -4.11. The Kier molecular flexibility index (Phi) is 8.27. The maximum Gasteiger partial charge on any atom is 0.328 e. The number of nitrogens with zero attached hydrogens (tertiary/aromatic N) is 3. The van der Waals surface area contributed by atoms with Gasteiger partial charge in [0.1, 0.15) is 11.4 Å². The maximum absolute atomic E-state index is 13.5. The van der Waals surface area contributed by atoms with Crippen molar-refractivity contribution in [2.75, 3.05) is 39.2 Å². The van der Waals surface area contributed by atoms with Crippen molar-refractivity contribution in [3.05, 3.63) is 71.9 Å². The van der Waals surface area contributed by atoms with Crippen LogP contribution in [0.4, 0.5) is 5.69 Å². The molecule has 1 aliphatic rings. The van der Waals surface area contributed by atoms with Crippen LogP contribution in [0.5, 0.6) is 5.75 Å². The summed E-state index contributed by atoms with van der Waals surface area (Å²) in [4.78, 5) is 36.7. The van der Waals surface area contributed by atoms with Gasteiger partial charge < -0.3 is 29.3 Å². The third-order valence-electron chi connectivity index (χ3n) is 5.54. The van der Waals surface area contributed by atoms with Crippen molar-refractivity contribution in [1.82, 2.24) is 9.47 Å². The standard InChI is InChI=1S/C22H25N3O2.C4H4O4/c1-23(2)11-6-12-24-19-8-5-4-7-17(19)15-25-20-14-18(27-3)10-9-16(20)13-21(25)22(24)26;5-3(6)1-2-4(7)8/h4-5,7-10,13-14H,6,11-12,15H2,1-3H3;1-2H,(H,5,6)(H,7,8)/b;2-1+. The van der Waals surface area contributed by atoms with Crippen LogP contribution >= 0.6 is 0 Å². The van der Waals surface area contributed by atoms with Gasteiger partial charge in [-0.2, -0.15) is 0 Å². The summed E-state index contributed by atoms with van der Waals surface area (Å²) < 4.78 is 7.51. The predicted molar refractivity (Wildman–Crippen MR) is 133 cm³/mol. The number of ether oxygens (including phenoxy) is 1. The van der Waals surface area contributed by atoms with Crippen molar-refractivity contribution in [3.63, 3.8) is 0 Å². The average molecular weight is 480 g/mol. The van der Waals surface area contributed by atoms with Crippen molar-refractivity contribution >= 4 is 34.4 Å². The van der Waals surface area contributed by atoms with Crippen LogP contribution < -0.4 is 9.64 Å². The molecule has 1 amide bonds. The number of carbonyl (C=O) groups excluding carboxylic acids is 1. The molecule has 0 spiro atoms. The molecule has 35 heavy (non-hydrogen) atoms. The van der Waals surface area contributed by atoms with E-state index in [-0.39, 0.29) is 5.91 Å². The largest absolute Gasteiger partial charge is 0.497 e. The first kappa shape index (κ1) is 25.5. The van der Waals surface area contributed by atoms with Crippen LogP contribution in [0.3, 0.4) is 0 Å². The number of methoxy groups -OCH3 is 1. The van der Waals surface area contributed by atoms with Gasteiger partial charge in [-0.1, -0.05) is 18.2 Å². The normalized spacial score (nSPS) is 12.7. The van der Waals surface area contributed by atoms with Crippen LogP contribution in [-0.2, 0) is 16.1 Å². The molecule has 0 bridgehead atoms. The Labute approximate surface area is 203 Å². The number of aromatic nitrogens is 1. The third kappa shape index (κ3) is 6.27. The lowest BCUT2D eigenvalue weighted by Gasteiger charge is -2.23. The van der Waals surface area contributed by atoms with Crippen LogP contribution in [0.15, 0.2) is 60.7 Å². The summed E-state index contributed by atoms with van der Waals surface area (Å²) in [6.07, 6.45) is 2.05. The molecule has 0 saturated carbocycles. The second-order valence-corrected chi connectivity index (χ2v) is 8.29. The molecule has 0 fully saturated rings. The first-order valence-electron chi connectivity index (χ1n) is 11.1. The summed E-state index contributed by atoms with van der Waals surface area (Å²) in [6.45, 7) is 2.34. The number of benzene rings is 2. The van der Waals surface area contributed by atoms with E-state index in [1.165, 1.54) is 0 Å². The zero-order valence-corrected chi connectivity index (χ0v) is 20.0. The fraction of sp³-hybridized carbons (Fsp3) is 0.269. The average Bonchev–Trinajstić information content (AvgIpc) is 3.13. The van der Waals surface area contributed by atoms with E-state index in [9.17, 15) is 14.4 Å². The van der Waals surface area contributed by atoms with Gasteiger partial charge in [0.05, 0.1) is 19.2 Å². The number of amides is 1. The number of carbonyl (C=O) groups is 3. The smallest absolute Gasteiger partial charge is 0.328 e. The zero-order valence-electron chi connectivity index (χ0n) is 20.0. The lowest BCUT2D eigenvalue weighted by Crippen LogP contribution is -2.33. The topological polar surface area (TPSA) is 112 Å². The van der Waals surface area contributed by atoms with Gasteiger partial charge in [0, 0.05) is 35.8 Å². The van der Waals surface area contributed by atoms with E-state index in [0.29, 0.717) is 25.2 Å².